The van der Waals surface area contributed by atoms with E-state index in [2.05, 4.69) is 15.5 Å². The average Bonchev–Trinajstić information content (AvgIpc) is 2.80. The van der Waals surface area contributed by atoms with Gasteiger partial charge in [-0.2, -0.15) is 0 Å². The van der Waals surface area contributed by atoms with Crippen molar-refractivity contribution >= 4 is 51.4 Å². The van der Waals surface area contributed by atoms with Crippen LogP contribution >= 0.6 is 34.5 Å². The van der Waals surface area contributed by atoms with Gasteiger partial charge in [-0.15, -0.1) is 21.5 Å². The summed E-state index contributed by atoms with van der Waals surface area (Å²) in [5.41, 5.74) is 0.0620. The number of carbonyl (C=O) groups is 2. The number of aromatic nitrogens is 2. The smallest absolute Gasteiger partial charge is 0.345 e. The van der Waals surface area contributed by atoms with Crippen LogP contribution in [0.2, 0.25) is 10.3 Å². The van der Waals surface area contributed by atoms with Gasteiger partial charge in [-0.25, -0.2) is 4.79 Å². The molecule has 0 atom stereocenters. The first-order valence-corrected chi connectivity index (χ1v) is 6.38. The minimum absolute atomic E-state index is 0.0342. The fraction of sp³-hybridized carbons (Fsp3) is 0. The molecule has 2 N–H and O–H groups in total. The van der Waals surface area contributed by atoms with Crippen LogP contribution in [0.3, 0.4) is 0 Å². The molecule has 2 aromatic rings. The topological polar surface area (TPSA) is 92.2 Å². The summed E-state index contributed by atoms with van der Waals surface area (Å²) >= 11 is 12.3. The summed E-state index contributed by atoms with van der Waals surface area (Å²) in [6, 6.07) is 4.15. The second-order valence-corrected chi connectivity index (χ2v) is 5.12. The van der Waals surface area contributed by atoms with Crippen molar-refractivity contribution in [2.75, 3.05) is 5.32 Å². The highest BCUT2D eigenvalue weighted by Crippen LogP contribution is 2.23. The lowest BCUT2D eigenvalue weighted by Crippen LogP contribution is -2.12. The minimum atomic E-state index is -1.06. The van der Waals surface area contributed by atoms with E-state index in [-0.39, 0.29) is 20.7 Å². The third-order valence-electron chi connectivity index (χ3n) is 2.02. The van der Waals surface area contributed by atoms with Crippen molar-refractivity contribution in [2.45, 2.75) is 0 Å². The Labute approximate surface area is 121 Å². The number of hydrogen-bond acceptors (Lipinski definition) is 5. The van der Waals surface area contributed by atoms with Crippen molar-refractivity contribution in [1.82, 2.24) is 10.2 Å². The number of nitrogens with zero attached hydrogens (tertiary/aromatic N) is 2. The Morgan fingerprint density at radius 3 is 2.63 bits per heavy atom. The van der Waals surface area contributed by atoms with E-state index in [9.17, 15) is 9.59 Å². The molecule has 0 spiro atoms. The van der Waals surface area contributed by atoms with E-state index in [0.29, 0.717) is 5.00 Å². The molecule has 1 amide bonds. The highest BCUT2D eigenvalue weighted by atomic mass is 35.5. The van der Waals surface area contributed by atoms with Crippen molar-refractivity contribution in [2.24, 2.45) is 0 Å². The Morgan fingerprint density at radius 1 is 1.26 bits per heavy atom. The number of anilines is 1. The van der Waals surface area contributed by atoms with Crippen LogP contribution in [-0.2, 0) is 0 Å². The Hall–Kier alpha value is -1.70. The summed E-state index contributed by atoms with van der Waals surface area (Å²) in [5, 5.41) is 18.6. The van der Waals surface area contributed by atoms with Gasteiger partial charge in [0.05, 0.1) is 10.6 Å². The molecule has 2 aromatic heterocycles. The van der Waals surface area contributed by atoms with Crippen LogP contribution < -0.4 is 5.32 Å². The van der Waals surface area contributed by atoms with E-state index < -0.39 is 11.9 Å². The Bertz CT molecular complexity index is 659. The highest BCUT2D eigenvalue weighted by molar-refractivity contribution is 7.18. The molecule has 0 unspecified atom stereocenters. The third-order valence-corrected chi connectivity index (χ3v) is 3.47. The van der Waals surface area contributed by atoms with Crippen LogP contribution in [0, 0.1) is 0 Å². The van der Waals surface area contributed by atoms with Crippen LogP contribution in [0.25, 0.3) is 0 Å². The zero-order valence-corrected chi connectivity index (χ0v) is 11.4. The Kier molecular flexibility index (Phi) is 3.98. The molecule has 0 saturated heterocycles. The summed E-state index contributed by atoms with van der Waals surface area (Å²) in [6.07, 6.45) is 0. The molecule has 0 aliphatic carbocycles. The number of carboxylic acids is 1. The first-order valence-electron chi connectivity index (χ1n) is 4.80. The van der Waals surface area contributed by atoms with Gasteiger partial charge in [0.1, 0.15) is 4.88 Å². The molecule has 0 fully saturated rings. The average molecular weight is 318 g/mol. The van der Waals surface area contributed by atoms with Gasteiger partial charge >= 0.3 is 5.97 Å². The van der Waals surface area contributed by atoms with Crippen LogP contribution in [0.15, 0.2) is 18.2 Å². The van der Waals surface area contributed by atoms with Gasteiger partial charge in [-0.1, -0.05) is 23.2 Å². The van der Waals surface area contributed by atoms with Gasteiger partial charge in [-0.05, 0) is 18.2 Å². The number of amides is 1. The Balaban J connectivity index is 2.20. The summed E-state index contributed by atoms with van der Waals surface area (Å²) in [7, 11) is 0. The lowest BCUT2D eigenvalue weighted by Gasteiger charge is -2.03. The number of rotatable bonds is 3. The van der Waals surface area contributed by atoms with Crippen LogP contribution in [0.1, 0.15) is 20.0 Å². The van der Waals surface area contributed by atoms with Crippen molar-refractivity contribution < 1.29 is 14.7 Å². The monoisotopic (exact) mass is 317 g/mol. The van der Waals surface area contributed by atoms with Gasteiger partial charge in [-0.3, -0.25) is 4.79 Å². The number of hydrogen-bond donors (Lipinski definition) is 2. The molecule has 0 radical (unpaired) electrons. The van der Waals surface area contributed by atoms with E-state index in [1.54, 1.807) is 0 Å². The second kappa shape index (κ2) is 5.52. The highest BCUT2D eigenvalue weighted by Gasteiger charge is 2.15. The van der Waals surface area contributed by atoms with Crippen LogP contribution in [0.5, 0.6) is 0 Å². The summed E-state index contributed by atoms with van der Waals surface area (Å²) in [6.45, 7) is 0. The van der Waals surface area contributed by atoms with E-state index in [4.69, 9.17) is 28.3 Å². The molecule has 19 heavy (non-hydrogen) atoms. The maximum absolute atomic E-state index is 11.9. The van der Waals surface area contributed by atoms with Crippen molar-refractivity contribution in [1.29, 1.82) is 0 Å². The van der Waals surface area contributed by atoms with Crippen LogP contribution in [0.4, 0.5) is 5.00 Å². The first-order chi connectivity index (χ1) is 8.97. The molecule has 9 heteroatoms. The summed E-state index contributed by atoms with van der Waals surface area (Å²) in [5.74, 6) is -1.60. The number of thiophene rings is 1. The number of nitrogens with one attached hydrogen (secondary N) is 1. The summed E-state index contributed by atoms with van der Waals surface area (Å²) in [4.78, 5) is 22.7. The number of carbonyl (C=O) groups excluding carboxylic acids is 1. The predicted octanol–water partition coefficient (Wildman–Crippen LogP) is 2.80. The minimum Gasteiger partial charge on any atom is -0.477 e. The molecule has 98 valence electrons. The molecule has 0 bridgehead atoms. The third kappa shape index (κ3) is 3.19. The maximum atomic E-state index is 11.9. The fourth-order valence-electron chi connectivity index (χ4n) is 1.21. The predicted molar refractivity (Wildman–Crippen MR) is 71.3 cm³/mol. The van der Waals surface area contributed by atoms with E-state index in [1.165, 1.54) is 18.2 Å². The van der Waals surface area contributed by atoms with Gasteiger partial charge in [0.25, 0.3) is 5.91 Å². The molecule has 6 nitrogen and oxygen atoms in total. The van der Waals surface area contributed by atoms with Crippen molar-refractivity contribution in [3.8, 4) is 0 Å². The standard InChI is InChI=1S/C10H5Cl2N3O3S/c11-6-3-4(8(12)15-14-6)9(16)13-7-2-1-5(19-7)10(17)18/h1-3H,(H,13,16)(H,17,18). The molecule has 2 heterocycles. The largest absolute Gasteiger partial charge is 0.477 e. The molecule has 0 aliphatic heterocycles. The van der Waals surface area contributed by atoms with E-state index in [0.717, 1.165) is 11.3 Å². The SMILES string of the molecule is O=C(O)c1ccc(NC(=O)c2cc(Cl)nnc2Cl)s1. The number of carboxylic acid groups (broad SMARTS) is 1. The lowest BCUT2D eigenvalue weighted by atomic mass is 10.3. The molecular weight excluding hydrogens is 313 g/mol. The number of halogens is 2. The maximum Gasteiger partial charge on any atom is 0.345 e. The number of aromatic carboxylic acids is 1. The fourth-order valence-corrected chi connectivity index (χ4v) is 2.28. The van der Waals surface area contributed by atoms with Gasteiger partial charge in [0, 0.05) is 0 Å². The van der Waals surface area contributed by atoms with Gasteiger partial charge in [0.15, 0.2) is 10.3 Å². The van der Waals surface area contributed by atoms with Crippen molar-refractivity contribution in [3.63, 3.8) is 0 Å². The van der Waals surface area contributed by atoms with Gasteiger partial charge in [0.2, 0.25) is 0 Å². The van der Waals surface area contributed by atoms with Gasteiger partial charge < -0.3 is 10.4 Å². The zero-order chi connectivity index (χ0) is 14.0. The zero-order valence-electron chi connectivity index (χ0n) is 9.05. The second-order valence-electron chi connectivity index (χ2n) is 3.29. The molecule has 0 aromatic carbocycles. The van der Waals surface area contributed by atoms with E-state index >= 15 is 0 Å². The normalized spacial score (nSPS) is 10.2. The lowest BCUT2D eigenvalue weighted by molar-refractivity contribution is 0.0702. The molecule has 0 saturated carbocycles. The van der Waals surface area contributed by atoms with E-state index in [1.807, 2.05) is 0 Å². The summed E-state index contributed by atoms with van der Waals surface area (Å²) < 4.78 is 0. The molecule has 0 aliphatic rings. The first kappa shape index (κ1) is 13.7. The molecule has 2 rings (SSSR count). The molecular formula is C10H5Cl2N3O3S. The van der Waals surface area contributed by atoms with Crippen molar-refractivity contribution in [3.05, 3.63) is 38.9 Å². The Morgan fingerprint density at radius 2 is 2.00 bits per heavy atom. The van der Waals surface area contributed by atoms with Crippen LogP contribution in [-0.4, -0.2) is 27.2 Å². The quantitative estimate of drug-likeness (QED) is 0.908.